The van der Waals surface area contributed by atoms with Gasteiger partial charge in [-0.2, -0.15) is 0 Å². The molecule has 30 heavy (non-hydrogen) atoms. The first-order valence-corrected chi connectivity index (χ1v) is 10.6. The highest BCUT2D eigenvalue weighted by atomic mass is 16.2. The molecule has 6 heteroatoms. The van der Waals surface area contributed by atoms with Crippen LogP contribution in [-0.2, 0) is 16.0 Å². The summed E-state index contributed by atoms with van der Waals surface area (Å²) in [6.07, 6.45) is 7.25. The van der Waals surface area contributed by atoms with Gasteiger partial charge in [0.25, 0.3) is 11.8 Å². The number of amides is 4. The van der Waals surface area contributed by atoms with Gasteiger partial charge in [-0.3, -0.25) is 14.9 Å². The fraction of sp³-hybridized carbons (Fsp3) is 0.375. The Hall–Kier alpha value is -3.15. The smallest absolute Gasteiger partial charge is 0.335 e. The summed E-state index contributed by atoms with van der Waals surface area (Å²) in [5.41, 5.74) is 4.54. The third kappa shape index (κ3) is 3.47. The minimum Gasteiger partial charge on any atom is -0.346 e. The molecule has 156 valence electrons. The van der Waals surface area contributed by atoms with Crippen LogP contribution in [0.2, 0.25) is 0 Å². The number of aromatic nitrogens is 1. The largest absolute Gasteiger partial charge is 0.346 e. The van der Waals surface area contributed by atoms with E-state index in [1.165, 1.54) is 12.8 Å². The maximum atomic E-state index is 13.1. The molecule has 6 nitrogen and oxygen atoms in total. The van der Waals surface area contributed by atoms with E-state index in [2.05, 4.69) is 16.8 Å². The van der Waals surface area contributed by atoms with E-state index >= 15 is 0 Å². The lowest BCUT2D eigenvalue weighted by molar-refractivity contribution is -0.122. The minimum atomic E-state index is -0.720. The van der Waals surface area contributed by atoms with Crippen LogP contribution in [-0.4, -0.2) is 22.4 Å². The number of carbonyl (C=O) groups excluding carboxylic acids is 3. The Balaban J connectivity index is 1.70. The Labute approximate surface area is 176 Å². The zero-order valence-electron chi connectivity index (χ0n) is 17.7. The fourth-order valence-corrected chi connectivity index (χ4v) is 4.60. The molecule has 2 heterocycles. The highest BCUT2D eigenvalue weighted by Gasteiger charge is 2.37. The molecule has 4 rings (SSSR count). The molecule has 1 N–H and O–H groups in total. The van der Waals surface area contributed by atoms with E-state index in [1.807, 2.05) is 32.0 Å². The fourth-order valence-electron chi connectivity index (χ4n) is 4.60. The average Bonchev–Trinajstić information content (AvgIpc) is 3.33. The first kappa shape index (κ1) is 20.1. The molecular weight excluding hydrogens is 378 g/mol. The molecule has 4 amide bonds. The Morgan fingerprint density at radius 3 is 2.37 bits per heavy atom. The molecule has 1 aliphatic carbocycles. The Morgan fingerprint density at radius 1 is 1.07 bits per heavy atom. The predicted molar refractivity (Wildman–Crippen MR) is 116 cm³/mol. The maximum Gasteiger partial charge on any atom is 0.335 e. The van der Waals surface area contributed by atoms with E-state index in [1.54, 1.807) is 18.2 Å². The van der Waals surface area contributed by atoms with Crippen molar-refractivity contribution in [3.63, 3.8) is 0 Å². The molecule has 1 saturated carbocycles. The predicted octanol–water partition coefficient (Wildman–Crippen LogP) is 4.45. The van der Waals surface area contributed by atoms with E-state index in [4.69, 9.17) is 0 Å². The van der Waals surface area contributed by atoms with E-state index in [9.17, 15) is 14.4 Å². The van der Waals surface area contributed by atoms with Crippen molar-refractivity contribution in [1.29, 1.82) is 0 Å². The molecule has 1 aromatic carbocycles. The Bertz CT molecular complexity index is 1040. The van der Waals surface area contributed by atoms with Gasteiger partial charge >= 0.3 is 6.03 Å². The number of hydrogen-bond acceptors (Lipinski definition) is 3. The van der Waals surface area contributed by atoms with Crippen LogP contribution in [0.3, 0.4) is 0 Å². The molecule has 0 bridgehead atoms. The topological polar surface area (TPSA) is 71.4 Å². The number of urea groups is 1. The quantitative estimate of drug-likeness (QED) is 0.603. The van der Waals surface area contributed by atoms with Gasteiger partial charge in [0.15, 0.2) is 0 Å². The molecule has 0 radical (unpaired) electrons. The third-order valence-corrected chi connectivity index (χ3v) is 6.22. The van der Waals surface area contributed by atoms with Gasteiger partial charge in [-0.1, -0.05) is 31.9 Å². The standard InChI is InChI=1S/C24H27N3O3/c1-4-17-9-11-20(12-10-17)27-23(29)21(22(28)25-24(27)30)14-18-13-15(2)26(16(18)3)19-7-5-6-8-19/h9-14,19H,4-8H2,1-3H3,(H,25,28,30)/b21-14+. The number of aryl methyl sites for hydroxylation is 2. The normalized spacial score (nSPS) is 19.1. The van der Waals surface area contributed by atoms with E-state index in [0.717, 1.165) is 46.7 Å². The lowest BCUT2D eigenvalue weighted by Crippen LogP contribution is -2.54. The van der Waals surface area contributed by atoms with Crippen molar-refractivity contribution in [2.45, 2.75) is 58.9 Å². The molecule has 0 atom stereocenters. The van der Waals surface area contributed by atoms with Gasteiger partial charge in [0.1, 0.15) is 5.57 Å². The SMILES string of the molecule is CCc1ccc(N2C(=O)NC(=O)/C(=C\c3cc(C)n(C4CCCC4)c3C)C2=O)cc1. The molecule has 2 aliphatic rings. The monoisotopic (exact) mass is 405 g/mol. The van der Waals surface area contributed by atoms with Crippen LogP contribution < -0.4 is 10.2 Å². The van der Waals surface area contributed by atoms with Crippen LogP contribution in [0.4, 0.5) is 10.5 Å². The lowest BCUT2D eigenvalue weighted by atomic mass is 10.1. The summed E-state index contributed by atoms with van der Waals surface area (Å²) >= 11 is 0. The molecule has 1 aliphatic heterocycles. The molecule has 1 saturated heterocycles. The average molecular weight is 405 g/mol. The molecule has 2 aromatic rings. The molecule has 0 spiro atoms. The number of anilines is 1. The van der Waals surface area contributed by atoms with Crippen LogP contribution in [0, 0.1) is 13.8 Å². The van der Waals surface area contributed by atoms with Crippen molar-refractivity contribution in [3.8, 4) is 0 Å². The van der Waals surface area contributed by atoms with Gasteiger partial charge in [0, 0.05) is 17.4 Å². The van der Waals surface area contributed by atoms with Gasteiger partial charge in [-0.25, -0.2) is 9.69 Å². The molecule has 2 fully saturated rings. The second-order valence-electron chi connectivity index (χ2n) is 8.11. The number of imide groups is 2. The summed E-state index contributed by atoms with van der Waals surface area (Å²) in [6.45, 7) is 6.12. The number of hydrogen-bond donors (Lipinski definition) is 1. The summed E-state index contributed by atoms with van der Waals surface area (Å²) in [7, 11) is 0. The number of nitrogens with zero attached hydrogens (tertiary/aromatic N) is 2. The van der Waals surface area contributed by atoms with E-state index in [0.29, 0.717) is 11.7 Å². The first-order valence-electron chi connectivity index (χ1n) is 10.6. The zero-order chi connectivity index (χ0) is 21.4. The third-order valence-electron chi connectivity index (χ3n) is 6.22. The van der Waals surface area contributed by atoms with Crippen molar-refractivity contribution in [2.75, 3.05) is 4.90 Å². The highest BCUT2D eigenvalue weighted by molar-refractivity contribution is 6.39. The number of benzene rings is 1. The van der Waals surface area contributed by atoms with Gasteiger partial charge in [0.05, 0.1) is 5.69 Å². The number of barbiturate groups is 1. The molecular formula is C24H27N3O3. The van der Waals surface area contributed by atoms with Gasteiger partial charge in [0.2, 0.25) is 0 Å². The summed E-state index contributed by atoms with van der Waals surface area (Å²) < 4.78 is 2.32. The number of carbonyl (C=O) groups is 3. The van der Waals surface area contributed by atoms with Crippen LogP contribution in [0.5, 0.6) is 0 Å². The number of rotatable bonds is 4. The van der Waals surface area contributed by atoms with Crippen LogP contribution in [0.15, 0.2) is 35.9 Å². The summed E-state index contributed by atoms with van der Waals surface area (Å²) in [6, 6.07) is 8.99. The van der Waals surface area contributed by atoms with Gasteiger partial charge in [-0.05, 0) is 68.5 Å². The van der Waals surface area contributed by atoms with Crippen molar-refractivity contribution >= 4 is 29.6 Å². The minimum absolute atomic E-state index is 0.0270. The maximum absolute atomic E-state index is 13.1. The van der Waals surface area contributed by atoms with Gasteiger partial charge < -0.3 is 4.57 Å². The van der Waals surface area contributed by atoms with Gasteiger partial charge in [-0.15, -0.1) is 0 Å². The number of nitrogens with one attached hydrogen (secondary N) is 1. The van der Waals surface area contributed by atoms with E-state index in [-0.39, 0.29) is 5.57 Å². The summed E-state index contributed by atoms with van der Waals surface area (Å²) in [4.78, 5) is 39.1. The Morgan fingerprint density at radius 2 is 1.73 bits per heavy atom. The second-order valence-corrected chi connectivity index (χ2v) is 8.11. The Kier molecular flexibility index (Phi) is 5.33. The van der Waals surface area contributed by atoms with Crippen LogP contribution in [0.1, 0.15) is 61.2 Å². The van der Waals surface area contributed by atoms with Crippen molar-refractivity contribution in [3.05, 3.63) is 58.4 Å². The van der Waals surface area contributed by atoms with Crippen molar-refractivity contribution in [1.82, 2.24) is 9.88 Å². The zero-order valence-corrected chi connectivity index (χ0v) is 17.7. The highest BCUT2D eigenvalue weighted by Crippen LogP contribution is 2.34. The summed E-state index contributed by atoms with van der Waals surface area (Å²) in [5.74, 6) is -1.25. The van der Waals surface area contributed by atoms with Crippen LogP contribution in [0.25, 0.3) is 6.08 Å². The lowest BCUT2D eigenvalue weighted by Gasteiger charge is -2.26. The summed E-state index contributed by atoms with van der Waals surface area (Å²) in [5, 5.41) is 2.31. The van der Waals surface area contributed by atoms with Crippen molar-refractivity contribution < 1.29 is 14.4 Å². The van der Waals surface area contributed by atoms with Crippen molar-refractivity contribution in [2.24, 2.45) is 0 Å². The van der Waals surface area contributed by atoms with Crippen LogP contribution >= 0.6 is 0 Å². The van der Waals surface area contributed by atoms with E-state index < -0.39 is 17.8 Å². The molecule has 1 aromatic heterocycles. The molecule has 0 unspecified atom stereocenters. The second kappa shape index (κ2) is 7.94. The first-order chi connectivity index (χ1) is 14.4.